The van der Waals surface area contributed by atoms with Crippen molar-refractivity contribution in [2.75, 3.05) is 10.0 Å². The highest BCUT2D eigenvalue weighted by atomic mass is 35.5. The fourth-order valence-corrected chi connectivity index (χ4v) is 3.97. The van der Waals surface area contributed by atoms with Crippen LogP contribution in [-0.2, 0) is 10.0 Å². The number of aryl methyl sites for hydroxylation is 1. The first-order chi connectivity index (χ1) is 13.3. The molecule has 0 bridgehead atoms. The van der Waals surface area contributed by atoms with Crippen molar-refractivity contribution in [1.82, 2.24) is 0 Å². The van der Waals surface area contributed by atoms with Gasteiger partial charge in [-0.05, 0) is 55.5 Å². The molecular formula is C20H16Cl2N2O3S. The summed E-state index contributed by atoms with van der Waals surface area (Å²) in [6, 6.07) is 17.7. The molecule has 5 nitrogen and oxygen atoms in total. The van der Waals surface area contributed by atoms with Gasteiger partial charge in [0.25, 0.3) is 15.9 Å². The van der Waals surface area contributed by atoms with E-state index < -0.39 is 10.0 Å². The van der Waals surface area contributed by atoms with Crippen LogP contribution in [-0.4, -0.2) is 14.3 Å². The number of amides is 1. The minimum atomic E-state index is -3.86. The number of sulfonamides is 1. The van der Waals surface area contributed by atoms with Crippen molar-refractivity contribution >= 4 is 50.5 Å². The maximum absolute atomic E-state index is 12.6. The van der Waals surface area contributed by atoms with Crippen molar-refractivity contribution in [3.8, 4) is 0 Å². The van der Waals surface area contributed by atoms with E-state index in [1.807, 2.05) is 13.0 Å². The highest BCUT2D eigenvalue weighted by Gasteiger charge is 2.17. The average Bonchev–Trinajstić information content (AvgIpc) is 2.66. The van der Waals surface area contributed by atoms with E-state index >= 15 is 0 Å². The molecule has 0 radical (unpaired) electrons. The first-order valence-electron chi connectivity index (χ1n) is 8.21. The molecule has 3 aromatic rings. The van der Waals surface area contributed by atoms with Gasteiger partial charge < -0.3 is 5.32 Å². The summed E-state index contributed by atoms with van der Waals surface area (Å²) in [5.41, 5.74) is 2.16. The Morgan fingerprint density at radius 1 is 0.929 bits per heavy atom. The number of anilines is 2. The quantitative estimate of drug-likeness (QED) is 0.567. The fourth-order valence-electron chi connectivity index (χ4n) is 2.49. The second-order valence-electron chi connectivity index (χ2n) is 6.05. The first kappa shape index (κ1) is 20.2. The Bertz CT molecular complexity index is 1130. The van der Waals surface area contributed by atoms with Gasteiger partial charge in [0.05, 0.1) is 20.6 Å². The molecule has 28 heavy (non-hydrogen) atoms. The zero-order valence-electron chi connectivity index (χ0n) is 14.7. The lowest BCUT2D eigenvalue weighted by Gasteiger charge is -2.11. The number of hydrogen-bond acceptors (Lipinski definition) is 3. The van der Waals surface area contributed by atoms with Gasteiger partial charge in [-0.15, -0.1) is 0 Å². The summed E-state index contributed by atoms with van der Waals surface area (Å²) in [5, 5.41) is 3.10. The van der Waals surface area contributed by atoms with Crippen LogP contribution < -0.4 is 10.0 Å². The van der Waals surface area contributed by atoms with E-state index in [2.05, 4.69) is 10.0 Å². The first-order valence-corrected chi connectivity index (χ1v) is 10.4. The maximum atomic E-state index is 12.6. The van der Waals surface area contributed by atoms with Crippen LogP contribution in [0.25, 0.3) is 0 Å². The monoisotopic (exact) mass is 434 g/mol. The van der Waals surface area contributed by atoms with E-state index in [1.54, 1.807) is 30.3 Å². The zero-order chi connectivity index (χ0) is 20.3. The highest BCUT2D eigenvalue weighted by molar-refractivity contribution is 7.92. The predicted molar refractivity (Wildman–Crippen MR) is 113 cm³/mol. The van der Waals surface area contributed by atoms with E-state index in [-0.39, 0.29) is 26.5 Å². The second-order valence-corrected chi connectivity index (χ2v) is 8.52. The Balaban J connectivity index is 1.76. The van der Waals surface area contributed by atoms with Crippen molar-refractivity contribution < 1.29 is 13.2 Å². The van der Waals surface area contributed by atoms with Gasteiger partial charge in [0.1, 0.15) is 0 Å². The molecule has 0 heterocycles. The summed E-state index contributed by atoms with van der Waals surface area (Å²) in [5.74, 6) is -0.275. The van der Waals surface area contributed by atoms with Gasteiger partial charge in [0.2, 0.25) is 0 Å². The lowest BCUT2D eigenvalue weighted by Crippen LogP contribution is -2.14. The summed E-state index contributed by atoms with van der Waals surface area (Å²) in [4.78, 5) is 12.3. The average molecular weight is 435 g/mol. The van der Waals surface area contributed by atoms with E-state index in [0.717, 1.165) is 5.56 Å². The maximum Gasteiger partial charge on any atom is 0.261 e. The molecule has 0 atom stereocenters. The molecular weight excluding hydrogens is 419 g/mol. The van der Waals surface area contributed by atoms with Gasteiger partial charge in [-0.2, -0.15) is 0 Å². The normalized spacial score (nSPS) is 11.1. The Hall–Kier alpha value is -2.54. The van der Waals surface area contributed by atoms with Crippen LogP contribution in [0, 0.1) is 6.92 Å². The Morgan fingerprint density at radius 3 is 2.29 bits per heavy atom. The molecule has 0 saturated heterocycles. The molecule has 3 aromatic carbocycles. The van der Waals surface area contributed by atoms with Crippen LogP contribution in [0.5, 0.6) is 0 Å². The van der Waals surface area contributed by atoms with Gasteiger partial charge >= 0.3 is 0 Å². The molecule has 0 saturated carbocycles. The van der Waals surface area contributed by atoms with Gasteiger partial charge in [0, 0.05) is 11.3 Å². The largest absolute Gasteiger partial charge is 0.322 e. The third kappa shape index (κ3) is 4.65. The molecule has 8 heteroatoms. The van der Waals surface area contributed by atoms with Crippen LogP contribution in [0.1, 0.15) is 15.9 Å². The Morgan fingerprint density at radius 2 is 1.61 bits per heavy atom. The molecule has 0 fully saturated rings. The summed E-state index contributed by atoms with van der Waals surface area (Å²) < 4.78 is 27.5. The van der Waals surface area contributed by atoms with Gasteiger partial charge in [-0.1, -0.05) is 47.0 Å². The fraction of sp³-hybridized carbons (Fsp3) is 0.0500. The van der Waals surface area contributed by atoms with Gasteiger partial charge in [-0.3, -0.25) is 9.52 Å². The van der Waals surface area contributed by atoms with Crippen molar-refractivity contribution in [3.05, 3.63) is 87.9 Å². The zero-order valence-corrected chi connectivity index (χ0v) is 17.1. The van der Waals surface area contributed by atoms with E-state index in [1.165, 1.54) is 30.3 Å². The van der Waals surface area contributed by atoms with Crippen LogP contribution in [0.2, 0.25) is 10.0 Å². The molecule has 144 valence electrons. The van der Waals surface area contributed by atoms with Crippen molar-refractivity contribution in [2.24, 2.45) is 0 Å². The third-order valence-corrected chi connectivity index (χ3v) is 6.10. The van der Waals surface area contributed by atoms with Crippen molar-refractivity contribution in [3.63, 3.8) is 0 Å². The SMILES string of the molecule is Cc1cccc(C(=O)Nc2ccc(S(=O)(=O)Nc3cccc(Cl)c3Cl)cc2)c1. The molecule has 0 spiro atoms. The minimum Gasteiger partial charge on any atom is -0.322 e. The topological polar surface area (TPSA) is 75.3 Å². The summed E-state index contributed by atoms with van der Waals surface area (Å²) in [6.45, 7) is 1.90. The molecule has 0 aromatic heterocycles. The standard InChI is InChI=1S/C20H16Cl2N2O3S/c1-13-4-2-5-14(12-13)20(25)23-15-8-10-16(11-9-15)28(26,27)24-18-7-3-6-17(21)19(18)22/h2-12,24H,1H3,(H,23,25). The van der Waals surface area contributed by atoms with Gasteiger partial charge in [-0.25, -0.2) is 8.42 Å². The Labute approximate surface area is 173 Å². The smallest absolute Gasteiger partial charge is 0.261 e. The number of nitrogens with one attached hydrogen (secondary N) is 2. The van der Waals surface area contributed by atoms with Crippen molar-refractivity contribution in [1.29, 1.82) is 0 Å². The van der Waals surface area contributed by atoms with Crippen LogP contribution in [0.3, 0.4) is 0 Å². The lowest BCUT2D eigenvalue weighted by molar-refractivity contribution is 0.102. The molecule has 0 aliphatic heterocycles. The Kier molecular flexibility index (Phi) is 5.93. The lowest BCUT2D eigenvalue weighted by atomic mass is 10.1. The van der Waals surface area contributed by atoms with Crippen molar-refractivity contribution in [2.45, 2.75) is 11.8 Å². The van der Waals surface area contributed by atoms with E-state index in [9.17, 15) is 13.2 Å². The number of benzene rings is 3. The number of hydrogen-bond donors (Lipinski definition) is 2. The number of halogens is 2. The predicted octanol–water partition coefficient (Wildman–Crippen LogP) is 5.35. The van der Waals surface area contributed by atoms with Crippen LogP contribution in [0.15, 0.2) is 71.6 Å². The third-order valence-electron chi connectivity index (χ3n) is 3.90. The molecule has 1 amide bonds. The summed E-state index contributed by atoms with van der Waals surface area (Å²) in [6.07, 6.45) is 0. The van der Waals surface area contributed by atoms with Crippen LogP contribution >= 0.6 is 23.2 Å². The number of carbonyl (C=O) groups excluding carboxylic acids is 1. The molecule has 0 aliphatic rings. The molecule has 0 aliphatic carbocycles. The second kappa shape index (κ2) is 8.22. The highest BCUT2D eigenvalue weighted by Crippen LogP contribution is 2.31. The number of rotatable bonds is 5. The van der Waals surface area contributed by atoms with Crippen LogP contribution in [0.4, 0.5) is 11.4 Å². The summed E-state index contributed by atoms with van der Waals surface area (Å²) >= 11 is 11.9. The van der Waals surface area contributed by atoms with E-state index in [0.29, 0.717) is 11.3 Å². The molecule has 3 rings (SSSR count). The number of carbonyl (C=O) groups is 1. The van der Waals surface area contributed by atoms with E-state index in [4.69, 9.17) is 23.2 Å². The molecule has 0 unspecified atom stereocenters. The molecule has 2 N–H and O–H groups in total. The summed E-state index contributed by atoms with van der Waals surface area (Å²) in [7, 11) is -3.86. The minimum absolute atomic E-state index is 0.0251. The van der Waals surface area contributed by atoms with Gasteiger partial charge in [0.15, 0.2) is 0 Å².